The van der Waals surface area contributed by atoms with Crippen molar-refractivity contribution in [3.8, 4) is 0 Å². The Bertz CT molecular complexity index is 1210. The van der Waals surface area contributed by atoms with E-state index < -0.39 is 21.8 Å². The molecule has 0 radical (unpaired) electrons. The van der Waals surface area contributed by atoms with Crippen molar-refractivity contribution in [2.24, 2.45) is 5.92 Å². The summed E-state index contributed by atoms with van der Waals surface area (Å²) in [5.41, 5.74) is 1.63. The third-order valence-electron chi connectivity index (χ3n) is 6.26. The Labute approximate surface area is 197 Å². The summed E-state index contributed by atoms with van der Waals surface area (Å²) >= 11 is 5.74. The van der Waals surface area contributed by atoms with E-state index in [0.29, 0.717) is 19.3 Å². The van der Waals surface area contributed by atoms with Gasteiger partial charge in [0.1, 0.15) is 5.82 Å². The molecule has 4 rings (SSSR count). The summed E-state index contributed by atoms with van der Waals surface area (Å²) in [6.45, 7) is 3.81. The average Bonchev–Trinajstić information content (AvgIpc) is 3.10. The largest absolute Gasteiger partial charge is 0.323 e. The summed E-state index contributed by atoms with van der Waals surface area (Å²) in [4.78, 5) is 26.4. The molecule has 0 spiro atoms. The Balaban J connectivity index is 1.43. The third-order valence-corrected chi connectivity index (χ3v) is 8.39. The first-order valence-electron chi connectivity index (χ1n) is 10.8. The van der Waals surface area contributed by atoms with Crippen LogP contribution in [0, 0.1) is 11.7 Å². The molecule has 2 heterocycles. The Hall–Kier alpha value is -2.49. The fourth-order valence-corrected chi connectivity index (χ4v) is 6.26. The van der Waals surface area contributed by atoms with E-state index in [2.05, 4.69) is 5.32 Å². The lowest BCUT2D eigenvalue weighted by Crippen LogP contribution is -2.41. The van der Waals surface area contributed by atoms with Crippen molar-refractivity contribution in [2.45, 2.75) is 44.0 Å². The monoisotopic (exact) mass is 493 g/mol. The van der Waals surface area contributed by atoms with Gasteiger partial charge in [0.2, 0.25) is 21.8 Å². The minimum Gasteiger partial charge on any atom is -0.323 e. The molecule has 1 N–H and O–H groups in total. The summed E-state index contributed by atoms with van der Waals surface area (Å²) in [5.74, 6) is -1.46. The fraction of sp³-hybridized carbons (Fsp3) is 0.391. The Morgan fingerprint density at radius 2 is 1.82 bits per heavy atom. The van der Waals surface area contributed by atoms with Crippen LogP contribution >= 0.6 is 11.6 Å². The number of hydrogen-bond acceptors (Lipinski definition) is 4. The van der Waals surface area contributed by atoms with Gasteiger partial charge >= 0.3 is 0 Å². The second kappa shape index (κ2) is 9.04. The highest BCUT2D eigenvalue weighted by molar-refractivity contribution is 7.89. The van der Waals surface area contributed by atoms with Gasteiger partial charge in [-0.25, -0.2) is 12.8 Å². The Morgan fingerprint density at radius 1 is 1.12 bits per heavy atom. The van der Waals surface area contributed by atoms with Crippen molar-refractivity contribution in [1.29, 1.82) is 0 Å². The zero-order chi connectivity index (χ0) is 23.9. The lowest BCUT2D eigenvalue weighted by atomic mass is 9.97. The van der Waals surface area contributed by atoms with Crippen molar-refractivity contribution in [1.82, 2.24) is 4.31 Å². The molecule has 176 valence electrons. The zero-order valence-corrected chi connectivity index (χ0v) is 19.9. The van der Waals surface area contributed by atoms with Gasteiger partial charge in [-0.3, -0.25) is 9.59 Å². The normalized spacial score (nSPS) is 19.4. The molecule has 0 aromatic heterocycles. The van der Waals surface area contributed by atoms with Crippen LogP contribution < -0.4 is 10.2 Å². The standard InChI is InChI=1S/C23H25ClFN3O4S/c1-14-11-17-12-19(4-6-22(17)28(14)15(2)29)33(31,32)27-9-7-16(8-10-27)23(30)26-21-5-3-18(24)13-20(21)25/h3-6,12-14,16H,7-11H2,1-2H3,(H,26,30)/t14-/m0/s1. The molecule has 0 unspecified atom stereocenters. The number of fused-ring (bicyclic) bond motifs is 1. The summed E-state index contributed by atoms with van der Waals surface area (Å²) in [7, 11) is -3.73. The van der Waals surface area contributed by atoms with E-state index in [4.69, 9.17) is 11.6 Å². The van der Waals surface area contributed by atoms with E-state index in [1.54, 1.807) is 17.0 Å². The van der Waals surface area contributed by atoms with E-state index in [9.17, 15) is 22.4 Å². The van der Waals surface area contributed by atoms with Crippen LogP contribution in [0.3, 0.4) is 0 Å². The minimum absolute atomic E-state index is 0.0183. The summed E-state index contributed by atoms with van der Waals surface area (Å²) < 4.78 is 41.8. The van der Waals surface area contributed by atoms with Crippen LogP contribution in [0.4, 0.5) is 15.8 Å². The third kappa shape index (κ3) is 4.62. The predicted octanol–water partition coefficient (Wildman–Crippen LogP) is 3.82. The molecular weight excluding hydrogens is 469 g/mol. The number of carbonyl (C=O) groups excluding carboxylic acids is 2. The molecule has 0 aliphatic carbocycles. The second-order valence-corrected chi connectivity index (χ2v) is 10.9. The number of hydrogen-bond donors (Lipinski definition) is 1. The number of halogens is 2. The van der Waals surface area contributed by atoms with Crippen molar-refractivity contribution in [3.05, 3.63) is 52.8 Å². The number of sulfonamides is 1. The number of rotatable bonds is 4. The fourth-order valence-electron chi connectivity index (χ4n) is 4.58. The SMILES string of the molecule is CC(=O)N1c2ccc(S(=O)(=O)N3CCC(C(=O)Nc4ccc(Cl)cc4F)CC3)cc2C[C@@H]1C. The molecular formula is C23H25ClFN3O4S. The number of anilines is 2. The van der Waals surface area contributed by atoms with Gasteiger partial charge in [0.15, 0.2) is 0 Å². The van der Waals surface area contributed by atoms with Crippen LogP contribution in [0.1, 0.15) is 32.3 Å². The molecule has 2 aliphatic heterocycles. The average molecular weight is 494 g/mol. The minimum atomic E-state index is -3.73. The quantitative estimate of drug-likeness (QED) is 0.701. The highest BCUT2D eigenvalue weighted by atomic mass is 35.5. The zero-order valence-electron chi connectivity index (χ0n) is 18.3. The first kappa shape index (κ1) is 23.7. The van der Waals surface area contributed by atoms with Gasteiger partial charge in [-0.05, 0) is 68.1 Å². The molecule has 33 heavy (non-hydrogen) atoms. The summed E-state index contributed by atoms with van der Waals surface area (Å²) in [5, 5.41) is 2.80. The van der Waals surface area contributed by atoms with Gasteiger partial charge in [0.05, 0.1) is 10.6 Å². The van der Waals surface area contributed by atoms with Gasteiger partial charge < -0.3 is 10.2 Å². The topological polar surface area (TPSA) is 86.8 Å². The maximum Gasteiger partial charge on any atom is 0.243 e. The molecule has 2 aromatic carbocycles. The summed E-state index contributed by atoms with van der Waals surface area (Å²) in [6, 6.07) is 8.86. The molecule has 1 atom stereocenters. The van der Waals surface area contributed by atoms with E-state index in [1.807, 2.05) is 6.92 Å². The van der Waals surface area contributed by atoms with Gasteiger partial charge in [-0.2, -0.15) is 4.31 Å². The van der Waals surface area contributed by atoms with Crippen LogP contribution in [-0.4, -0.2) is 43.7 Å². The van der Waals surface area contributed by atoms with E-state index >= 15 is 0 Å². The van der Waals surface area contributed by atoms with Gasteiger partial charge in [-0.1, -0.05) is 11.6 Å². The van der Waals surface area contributed by atoms with Crippen molar-refractivity contribution < 1.29 is 22.4 Å². The Kier molecular flexibility index (Phi) is 6.48. The molecule has 2 amide bonds. The molecule has 1 fully saturated rings. The molecule has 2 aliphatic rings. The smallest absolute Gasteiger partial charge is 0.243 e. The highest BCUT2D eigenvalue weighted by Gasteiger charge is 2.34. The molecule has 0 saturated carbocycles. The van der Waals surface area contributed by atoms with Crippen LogP contribution in [0.5, 0.6) is 0 Å². The molecule has 2 aromatic rings. The van der Waals surface area contributed by atoms with Crippen molar-refractivity contribution in [3.63, 3.8) is 0 Å². The van der Waals surface area contributed by atoms with Gasteiger partial charge in [0.25, 0.3) is 0 Å². The number of nitrogens with one attached hydrogen (secondary N) is 1. The van der Waals surface area contributed by atoms with Crippen LogP contribution in [0.2, 0.25) is 5.02 Å². The highest BCUT2D eigenvalue weighted by Crippen LogP contribution is 2.35. The number of nitrogens with zero attached hydrogens (tertiary/aromatic N) is 2. The van der Waals surface area contributed by atoms with Crippen molar-refractivity contribution >= 4 is 44.8 Å². The number of amides is 2. The van der Waals surface area contributed by atoms with Crippen LogP contribution in [0.15, 0.2) is 41.3 Å². The van der Waals surface area contributed by atoms with E-state index in [0.717, 1.165) is 17.3 Å². The molecule has 10 heteroatoms. The van der Waals surface area contributed by atoms with Gasteiger partial charge in [0, 0.05) is 42.7 Å². The lowest BCUT2D eigenvalue weighted by molar-refractivity contribution is -0.121. The number of piperidine rings is 1. The van der Waals surface area contributed by atoms with Crippen LogP contribution in [-0.2, 0) is 26.0 Å². The number of carbonyl (C=O) groups is 2. The first-order valence-corrected chi connectivity index (χ1v) is 12.6. The van der Waals surface area contributed by atoms with Crippen molar-refractivity contribution in [2.75, 3.05) is 23.3 Å². The van der Waals surface area contributed by atoms with E-state index in [1.165, 1.54) is 29.4 Å². The number of benzene rings is 2. The molecule has 0 bridgehead atoms. The van der Waals surface area contributed by atoms with Crippen LogP contribution in [0.25, 0.3) is 0 Å². The molecule has 1 saturated heterocycles. The van der Waals surface area contributed by atoms with E-state index in [-0.39, 0.29) is 46.6 Å². The maximum atomic E-state index is 14.0. The lowest BCUT2D eigenvalue weighted by Gasteiger charge is -2.30. The Morgan fingerprint density at radius 3 is 2.45 bits per heavy atom. The van der Waals surface area contributed by atoms with Gasteiger partial charge in [-0.15, -0.1) is 0 Å². The summed E-state index contributed by atoms with van der Waals surface area (Å²) in [6.07, 6.45) is 1.27. The maximum absolute atomic E-state index is 14.0. The second-order valence-electron chi connectivity index (χ2n) is 8.52. The molecule has 7 nitrogen and oxygen atoms in total. The predicted molar refractivity (Wildman–Crippen MR) is 124 cm³/mol. The first-order chi connectivity index (χ1) is 15.6.